The van der Waals surface area contributed by atoms with E-state index in [1.165, 1.54) is 12.3 Å². The number of para-hydroxylation sites is 1. The summed E-state index contributed by atoms with van der Waals surface area (Å²) in [4.78, 5) is 38.7. The SMILES string of the molecule is Cc1cccc2nc(NC(=O)c3cnc(Cl)c(Cl)c3)n(C3CCCCN(C(=O)C=CCN(C)C)C3)c12. The molecular weight excluding hydrogens is 499 g/mol. The molecule has 1 N–H and O–H groups in total. The molecule has 0 bridgehead atoms. The number of likely N-dealkylation sites (tertiary alicyclic amines) is 1. The maximum atomic E-state index is 13.1. The average Bonchev–Trinajstić information content (AvgIpc) is 3.02. The number of carbonyl (C=O) groups excluding carboxylic acids is 2. The first kappa shape index (κ1) is 26.1. The number of pyridine rings is 1. The van der Waals surface area contributed by atoms with Crippen LogP contribution in [0.1, 0.15) is 41.2 Å². The van der Waals surface area contributed by atoms with Crippen LogP contribution >= 0.6 is 23.2 Å². The molecule has 8 nitrogen and oxygen atoms in total. The number of fused-ring (bicyclic) bond motifs is 1. The highest BCUT2D eigenvalue weighted by atomic mass is 35.5. The van der Waals surface area contributed by atoms with Crippen LogP contribution in [0.3, 0.4) is 0 Å². The van der Waals surface area contributed by atoms with Crippen molar-refractivity contribution in [2.75, 3.05) is 39.0 Å². The highest BCUT2D eigenvalue weighted by Gasteiger charge is 2.27. The van der Waals surface area contributed by atoms with E-state index in [1.807, 2.05) is 55.1 Å². The number of aryl methyl sites for hydroxylation is 1. The number of aromatic nitrogens is 3. The number of hydrogen-bond acceptors (Lipinski definition) is 5. The highest BCUT2D eigenvalue weighted by Crippen LogP contribution is 2.32. The van der Waals surface area contributed by atoms with Crippen molar-refractivity contribution in [3.63, 3.8) is 0 Å². The third-order valence-electron chi connectivity index (χ3n) is 6.25. The fourth-order valence-electron chi connectivity index (χ4n) is 4.48. The highest BCUT2D eigenvalue weighted by molar-refractivity contribution is 6.41. The second-order valence-corrected chi connectivity index (χ2v) is 10.1. The molecule has 1 aliphatic heterocycles. The van der Waals surface area contributed by atoms with Crippen LogP contribution in [0.15, 0.2) is 42.6 Å². The third-order valence-corrected chi connectivity index (χ3v) is 6.94. The molecule has 2 aromatic heterocycles. The van der Waals surface area contributed by atoms with E-state index in [2.05, 4.69) is 14.9 Å². The van der Waals surface area contributed by atoms with Gasteiger partial charge in [-0.05, 0) is 58.0 Å². The third kappa shape index (κ3) is 5.88. The van der Waals surface area contributed by atoms with E-state index in [-0.39, 0.29) is 33.6 Å². The molecule has 0 radical (unpaired) electrons. The Bertz CT molecular complexity index is 1300. The molecule has 36 heavy (non-hydrogen) atoms. The van der Waals surface area contributed by atoms with Gasteiger partial charge in [0.1, 0.15) is 5.15 Å². The van der Waals surface area contributed by atoms with Crippen molar-refractivity contribution >= 4 is 52.0 Å². The van der Waals surface area contributed by atoms with Crippen molar-refractivity contribution in [3.8, 4) is 0 Å². The van der Waals surface area contributed by atoms with Gasteiger partial charge in [-0.1, -0.05) is 41.4 Å². The summed E-state index contributed by atoms with van der Waals surface area (Å²) in [5, 5.41) is 3.29. The Morgan fingerprint density at radius 3 is 2.81 bits per heavy atom. The Balaban J connectivity index is 1.68. The number of nitrogens with zero attached hydrogens (tertiary/aromatic N) is 5. The number of amides is 2. The molecule has 3 aromatic rings. The first-order valence-corrected chi connectivity index (χ1v) is 12.7. The van der Waals surface area contributed by atoms with E-state index >= 15 is 0 Å². The molecule has 3 heterocycles. The van der Waals surface area contributed by atoms with E-state index in [4.69, 9.17) is 28.2 Å². The summed E-state index contributed by atoms with van der Waals surface area (Å²) in [6, 6.07) is 7.34. The van der Waals surface area contributed by atoms with Crippen LogP contribution in [0, 0.1) is 6.92 Å². The molecule has 0 spiro atoms. The van der Waals surface area contributed by atoms with Gasteiger partial charge in [0.2, 0.25) is 11.9 Å². The first-order valence-electron chi connectivity index (χ1n) is 11.9. The van der Waals surface area contributed by atoms with E-state index in [0.717, 1.165) is 35.9 Å². The van der Waals surface area contributed by atoms with Gasteiger partial charge in [0.15, 0.2) is 0 Å². The fraction of sp³-hybridized carbons (Fsp3) is 0.385. The molecule has 1 fully saturated rings. The van der Waals surface area contributed by atoms with Gasteiger partial charge >= 0.3 is 0 Å². The number of imidazole rings is 1. The standard InChI is InChI=1S/C26H30Cl2N6O2/c1-17-8-6-10-21-23(17)34(26(30-21)31-25(36)18-14-20(27)24(28)29-15-18)19-9-4-5-13-33(16-19)22(35)11-7-12-32(2)3/h6-8,10-11,14-15,19H,4-5,9,12-13,16H2,1-3H3,(H,30,31,36). The Morgan fingerprint density at radius 2 is 2.06 bits per heavy atom. The zero-order chi connectivity index (χ0) is 25.8. The number of rotatable bonds is 6. The number of anilines is 1. The van der Waals surface area contributed by atoms with Crippen molar-refractivity contribution in [2.24, 2.45) is 0 Å². The van der Waals surface area contributed by atoms with Gasteiger partial charge in [0, 0.05) is 31.9 Å². The maximum Gasteiger partial charge on any atom is 0.259 e. The lowest BCUT2D eigenvalue weighted by atomic mass is 10.1. The fourth-order valence-corrected chi connectivity index (χ4v) is 4.75. The lowest BCUT2D eigenvalue weighted by molar-refractivity contribution is -0.126. The molecule has 2 amide bonds. The number of carbonyl (C=O) groups is 2. The van der Waals surface area contributed by atoms with Gasteiger partial charge < -0.3 is 14.4 Å². The largest absolute Gasteiger partial charge is 0.337 e. The average molecular weight is 529 g/mol. The Hall–Kier alpha value is -2.94. The monoisotopic (exact) mass is 528 g/mol. The Labute approximate surface area is 220 Å². The van der Waals surface area contributed by atoms with Crippen LogP contribution in [-0.2, 0) is 4.79 Å². The minimum atomic E-state index is -0.386. The van der Waals surface area contributed by atoms with Crippen LogP contribution in [0.2, 0.25) is 10.2 Å². The molecule has 1 atom stereocenters. The first-order chi connectivity index (χ1) is 17.2. The molecular formula is C26H30Cl2N6O2. The summed E-state index contributed by atoms with van der Waals surface area (Å²) in [6.45, 7) is 3.96. The molecule has 4 rings (SSSR count). The summed E-state index contributed by atoms with van der Waals surface area (Å²) in [5.74, 6) is 0.0404. The molecule has 190 valence electrons. The molecule has 1 aliphatic rings. The van der Waals surface area contributed by atoms with Crippen molar-refractivity contribution < 1.29 is 9.59 Å². The van der Waals surface area contributed by atoms with Gasteiger partial charge in [-0.2, -0.15) is 0 Å². The van der Waals surface area contributed by atoms with Crippen molar-refractivity contribution in [1.82, 2.24) is 24.3 Å². The summed E-state index contributed by atoms with van der Waals surface area (Å²) in [6.07, 6.45) is 7.67. The zero-order valence-electron chi connectivity index (χ0n) is 20.7. The summed E-state index contributed by atoms with van der Waals surface area (Å²) in [7, 11) is 3.93. The van der Waals surface area contributed by atoms with Crippen LogP contribution in [0.25, 0.3) is 11.0 Å². The summed E-state index contributed by atoms with van der Waals surface area (Å²) >= 11 is 12.0. The molecule has 10 heteroatoms. The van der Waals surface area contributed by atoms with Gasteiger partial charge in [-0.15, -0.1) is 0 Å². The summed E-state index contributed by atoms with van der Waals surface area (Å²) in [5.41, 5.74) is 3.06. The number of likely N-dealkylation sites (N-methyl/N-ethyl adjacent to an activating group) is 1. The van der Waals surface area contributed by atoms with Gasteiger partial charge in [-0.25, -0.2) is 9.97 Å². The predicted octanol–water partition coefficient (Wildman–Crippen LogP) is 4.97. The molecule has 0 saturated carbocycles. The molecule has 1 aromatic carbocycles. The Morgan fingerprint density at radius 1 is 1.25 bits per heavy atom. The van der Waals surface area contributed by atoms with Crippen LogP contribution in [0.5, 0.6) is 0 Å². The number of benzene rings is 1. The van der Waals surface area contributed by atoms with Crippen molar-refractivity contribution in [3.05, 3.63) is 63.9 Å². The molecule has 1 saturated heterocycles. The molecule has 1 unspecified atom stereocenters. The lowest BCUT2D eigenvalue weighted by Gasteiger charge is -2.26. The maximum absolute atomic E-state index is 13.1. The molecule has 0 aliphatic carbocycles. The predicted molar refractivity (Wildman–Crippen MR) is 144 cm³/mol. The minimum Gasteiger partial charge on any atom is -0.337 e. The summed E-state index contributed by atoms with van der Waals surface area (Å²) < 4.78 is 2.07. The van der Waals surface area contributed by atoms with Gasteiger partial charge in [0.05, 0.1) is 27.7 Å². The van der Waals surface area contributed by atoms with Crippen molar-refractivity contribution in [1.29, 1.82) is 0 Å². The number of hydrogen-bond donors (Lipinski definition) is 1. The quantitative estimate of drug-likeness (QED) is 0.360. The van der Waals surface area contributed by atoms with E-state index < -0.39 is 0 Å². The van der Waals surface area contributed by atoms with E-state index in [9.17, 15) is 9.59 Å². The van der Waals surface area contributed by atoms with Gasteiger partial charge in [-0.3, -0.25) is 14.9 Å². The second kappa shape index (κ2) is 11.4. The van der Waals surface area contributed by atoms with Crippen molar-refractivity contribution in [2.45, 2.75) is 32.2 Å². The number of halogens is 2. The second-order valence-electron chi connectivity index (χ2n) is 9.30. The smallest absolute Gasteiger partial charge is 0.259 e. The normalized spacial score (nSPS) is 16.6. The van der Waals surface area contributed by atoms with Crippen LogP contribution < -0.4 is 5.32 Å². The van der Waals surface area contributed by atoms with Gasteiger partial charge in [0.25, 0.3) is 5.91 Å². The number of nitrogens with one attached hydrogen (secondary N) is 1. The zero-order valence-corrected chi connectivity index (χ0v) is 22.2. The topological polar surface area (TPSA) is 83.4 Å². The lowest BCUT2D eigenvalue weighted by Crippen LogP contribution is -2.35. The minimum absolute atomic E-state index is 0.00245. The van der Waals surface area contributed by atoms with E-state index in [1.54, 1.807) is 6.08 Å². The Kier molecular flexibility index (Phi) is 8.28. The van der Waals surface area contributed by atoms with Crippen LogP contribution in [0.4, 0.5) is 5.95 Å². The van der Waals surface area contributed by atoms with E-state index in [0.29, 0.717) is 25.6 Å². The van der Waals surface area contributed by atoms with Crippen LogP contribution in [-0.4, -0.2) is 69.9 Å².